The van der Waals surface area contributed by atoms with E-state index < -0.39 is 9.05 Å². The van der Waals surface area contributed by atoms with Crippen LogP contribution >= 0.6 is 26.6 Å². The van der Waals surface area contributed by atoms with E-state index in [2.05, 4.69) is 15.9 Å². The van der Waals surface area contributed by atoms with Gasteiger partial charge in [0.2, 0.25) is 0 Å². The number of alkyl halides is 1. The molecule has 0 N–H and O–H groups in total. The van der Waals surface area contributed by atoms with Gasteiger partial charge in [-0.05, 0) is 28.1 Å². The van der Waals surface area contributed by atoms with Crippen molar-refractivity contribution in [3.05, 3.63) is 24.3 Å². The summed E-state index contributed by atoms with van der Waals surface area (Å²) < 4.78 is 26.8. The zero-order valence-corrected chi connectivity index (χ0v) is 9.56. The molecule has 0 fully saturated rings. The minimum atomic E-state index is -3.67. The van der Waals surface area contributed by atoms with Gasteiger partial charge in [-0.25, -0.2) is 8.42 Å². The molecule has 0 bridgehead atoms. The molecule has 0 radical (unpaired) electrons. The summed E-state index contributed by atoms with van der Waals surface area (Å²) in [4.78, 5) is 0.0348. The van der Waals surface area contributed by atoms with Crippen LogP contribution in [0.25, 0.3) is 0 Å². The molecule has 0 saturated heterocycles. The highest BCUT2D eigenvalue weighted by Gasteiger charge is 2.09. The summed E-state index contributed by atoms with van der Waals surface area (Å²) >= 11 is 3.06. The average molecular weight is 286 g/mol. The van der Waals surface area contributed by atoms with Gasteiger partial charge < -0.3 is 4.74 Å². The molecule has 0 unspecified atom stereocenters. The van der Waals surface area contributed by atoms with Gasteiger partial charge in [0, 0.05) is 16.7 Å². The van der Waals surface area contributed by atoms with Gasteiger partial charge >= 0.3 is 0 Å². The zero-order chi connectivity index (χ0) is 9.90. The fourth-order valence-electron chi connectivity index (χ4n) is 0.779. The monoisotopic (exact) mass is 284 g/mol. The second kappa shape index (κ2) is 4.30. The lowest BCUT2D eigenvalue weighted by Gasteiger charge is -2.02. The number of hydrogen-bond donors (Lipinski definition) is 0. The maximum Gasteiger partial charge on any atom is 0.261 e. The van der Waals surface area contributed by atoms with Crippen LogP contribution in [0.3, 0.4) is 0 Å². The molecule has 13 heavy (non-hydrogen) atoms. The standard InChI is InChI=1S/C7H6BrClO3S/c8-5-12-6-2-1-3-7(4-6)13(9,10)11/h1-4H,5H2. The molecule has 1 aromatic rings. The van der Waals surface area contributed by atoms with Gasteiger partial charge in [-0.3, -0.25) is 0 Å². The van der Waals surface area contributed by atoms with E-state index in [1.807, 2.05) is 0 Å². The Morgan fingerprint density at radius 3 is 2.69 bits per heavy atom. The van der Waals surface area contributed by atoms with E-state index in [0.717, 1.165) is 0 Å². The Balaban J connectivity index is 3.06. The highest BCUT2D eigenvalue weighted by Crippen LogP contribution is 2.20. The van der Waals surface area contributed by atoms with Crippen molar-refractivity contribution in [2.24, 2.45) is 0 Å². The van der Waals surface area contributed by atoms with Crippen molar-refractivity contribution >= 4 is 35.7 Å². The van der Waals surface area contributed by atoms with Gasteiger partial charge in [0.15, 0.2) is 0 Å². The first-order valence-corrected chi connectivity index (χ1v) is 6.70. The maximum atomic E-state index is 10.9. The highest BCUT2D eigenvalue weighted by molar-refractivity contribution is 9.09. The number of hydrogen-bond acceptors (Lipinski definition) is 3. The van der Waals surface area contributed by atoms with Crippen LogP contribution in [-0.2, 0) is 9.05 Å². The van der Waals surface area contributed by atoms with Crippen LogP contribution in [0.4, 0.5) is 0 Å². The first kappa shape index (κ1) is 10.8. The molecule has 0 aliphatic carbocycles. The normalized spacial score (nSPS) is 11.2. The number of ether oxygens (including phenoxy) is 1. The van der Waals surface area contributed by atoms with Gasteiger partial charge in [0.1, 0.15) is 11.3 Å². The molecular formula is C7H6BrClO3S. The molecule has 0 aliphatic rings. The van der Waals surface area contributed by atoms with E-state index in [9.17, 15) is 8.42 Å². The first-order valence-electron chi connectivity index (χ1n) is 3.27. The fraction of sp³-hybridized carbons (Fsp3) is 0.143. The van der Waals surface area contributed by atoms with Crippen molar-refractivity contribution in [1.29, 1.82) is 0 Å². The van der Waals surface area contributed by atoms with Crippen molar-refractivity contribution in [1.82, 2.24) is 0 Å². The van der Waals surface area contributed by atoms with Gasteiger partial charge in [-0.1, -0.05) is 6.07 Å². The average Bonchev–Trinajstić information content (AvgIpc) is 2.04. The van der Waals surface area contributed by atoms with Crippen molar-refractivity contribution in [2.45, 2.75) is 4.90 Å². The molecule has 0 heterocycles. The van der Waals surface area contributed by atoms with Crippen molar-refractivity contribution in [3.63, 3.8) is 0 Å². The van der Waals surface area contributed by atoms with E-state index in [1.165, 1.54) is 12.1 Å². The molecule has 1 aromatic carbocycles. The maximum absolute atomic E-state index is 10.9. The molecule has 0 aromatic heterocycles. The van der Waals surface area contributed by atoms with Crippen LogP contribution in [0.15, 0.2) is 29.2 Å². The summed E-state index contributed by atoms with van der Waals surface area (Å²) in [6.07, 6.45) is 0. The summed E-state index contributed by atoms with van der Waals surface area (Å²) in [7, 11) is 1.47. The molecular weight excluding hydrogens is 279 g/mol. The molecule has 0 saturated carbocycles. The second-order valence-corrected chi connectivity index (χ2v) is 5.19. The Kier molecular flexibility index (Phi) is 3.58. The van der Waals surface area contributed by atoms with Crippen molar-refractivity contribution < 1.29 is 13.2 Å². The predicted molar refractivity (Wildman–Crippen MR) is 53.9 cm³/mol. The molecule has 0 spiro atoms. The third-order valence-corrected chi connectivity index (χ3v) is 2.89. The third-order valence-electron chi connectivity index (χ3n) is 1.31. The summed E-state index contributed by atoms with van der Waals surface area (Å²) in [5, 5.41) is 0. The van der Waals surface area contributed by atoms with Crippen LogP contribution in [0.5, 0.6) is 5.75 Å². The Morgan fingerprint density at radius 1 is 1.46 bits per heavy atom. The molecule has 0 aliphatic heterocycles. The lowest BCUT2D eigenvalue weighted by atomic mass is 10.3. The smallest absolute Gasteiger partial charge is 0.261 e. The van der Waals surface area contributed by atoms with E-state index >= 15 is 0 Å². The van der Waals surface area contributed by atoms with E-state index in [-0.39, 0.29) is 4.90 Å². The van der Waals surface area contributed by atoms with Gasteiger partial charge in [0.25, 0.3) is 9.05 Å². The molecule has 72 valence electrons. The van der Waals surface area contributed by atoms with E-state index in [0.29, 0.717) is 11.3 Å². The Hall–Kier alpha value is -0.260. The van der Waals surface area contributed by atoms with E-state index in [1.54, 1.807) is 12.1 Å². The van der Waals surface area contributed by atoms with E-state index in [4.69, 9.17) is 15.4 Å². The van der Waals surface area contributed by atoms with Crippen LogP contribution < -0.4 is 4.74 Å². The molecule has 6 heteroatoms. The zero-order valence-electron chi connectivity index (χ0n) is 6.41. The molecule has 1 rings (SSSR count). The summed E-state index contributed by atoms with van der Waals surface area (Å²) in [5.41, 5.74) is 0.304. The summed E-state index contributed by atoms with van der Waals surface area (Å²) in [6.45, 7) is 0. The first-order chi connectivity index (χ1) is 6.04. The van der Waals surface area contributed by atoms with Crippen LogP contribution in [-0.4, -0.2) is 13.9 Å². The van der Waals surface area contributed by atoms with Crippen LogP contribution in [0.2, 0.25) is 0 Å². The summed E-state index contributed by atoms with van der Waals surface area (Å²) in [6, 6.07) is 5.98. The number of benzene rings is 1. The van der Waals surface area contributed by atoms with Crippen LogP contribution in [0, 0.1) is 0 Å². The molecule has 0 atom stereocenters. The predicted octanol–water partition coefficient (Wildman–Crippen LogP) is 2.35. The van der Waals surface area contributed by atoms with Crippen molar-refractivity contribution in [3.8, 4) is 5.75 Å². The lowest BCUT2D eigenvalue weighted by molar-refractivity contribution is 0.397. The SMILES string of the molecule is O=S(=O)(Cl)c1cccc(OCBr)c1. The second-order valence-electron chi connectivity index (χ2n) is 2.17. The van der Waals surface area contributed by atoms with Gasteiger partial charge in [-0.15, -0.1) is 0 Å². The quantitative estimate of drug-likeness (QED) is 0.632. The third kappa shape index (κ3) is 3.17. The number of halogens is 2. The minimum Gasteiger partial charge on any atom is -0.482 e. The van der Waals surface area contributed by atoms with Gasteiger partial charge in [-0.2, -0.15) is 0 Å². The Morgan fingerprint density at radius 2 is 2.15 bits per heavy atom. The number of rotatable bonds is 3. The van der Waals surface area contributed by atoms with Crippen molar-refractivity contribution in [2.75, 3.05) is 5.52 Å². The molecule has 3 nitrogen and oxygen atoms in total. The minimum absolute atomic E-state index is 0.0348. The highest BCUT2D eigenvalue weighted by atomic mass is 79.9. The lowest BCUT2D eigenvalue weighted by Crippen LogP contribution is -1.93. The largest absolute Gasteiger partial charge is 0.482 e. The Bertz CT molecular complexity index is 390. The molecule has 0 amide bonds. The van der Waals surface area contributed by atoms with Gasteiger partial charge in [0.05, 0.1) is 4.90 Å². The topological polar surface area (TPSA) is 43.4 Å². The van der Waals surface area contributed by atoms with Crippen LogP contribution in [0.1, 0.15) is 0 Å². The Labute approximate surface area is 89.2 Å². The summed E-state index contributed by atoms with van der Waals surface area (Å²) in [5.74, 6) is 0.457. The fourth-order valence-corrected chi connectivity index (χ4v) is 1.83.